The summed E-state index contributed by atoms with van der Waals surface area (Å²) in [5, 5.41) is 0. The molecule has 0 atom stereocenters. The third-order valence-electron chi connectivity index (χ3n) is 4.26. The van der Waals surface area contributed by atoms with Gasteiger partial charge in [-0.3, -0.25) is 4.90 Å². The van der Waals surface area contributed by atoms with Crippen LogP contribution < -0.4 is 18.9 Å². The van der Waals surface area contributed by atoms with Gasteiger partial charge in [0.05, 0.1) is 14.2 Å². The summed E-state index contributed by atoms with van der Waals surface area (Å²) in [7, 11) is 5.40. The van der Waals surface area contributed by atoms with E-state index >= 15 is 0 Å². The summed E-state index contributed by atoms with van der Waals surface area (Å²) in [5.74, 6) is 3.09. The van der Waals surface area contributed by atoms with Crippen LogP contribution >= 0.6 is 15.9 Å². The molecule has 3 rings (SSSR count). The fourth-order valence-corrected chi connectivity index (χ4v) is 3.36. The molecule has 5 nitrogen and oxygen atoms in total. The molecular formula is C19H22BrNO4. The quantitative estimate of drug-likeness (QED) is 0.719. The minimum Gasteiger partial charge on any atom is -0.493 e. The van der Waals surface area contributed by atoms with E-state index in [9.17, 15) is 0 Å². The van der Waals surface area contributed by atoms with Gasteiger partial charge in [-0.2, -0.15) is 0 Å². The summed E-state index contributed by atoms with van der Waals surface area (Å²) in [6.45, 7) is 3.95. The van der Waals surface area contributed by atoms with Gasteiger partial charge in [-0.15, -0.1) is 0 Å². The molecule has 1 aliphatic heterocycles. The molecule has 6 heteroatoms. The molecule has 0 bridgehead atoms. The Morgan fingerprint density at radius 1 is 0.960 bits per heavy atom. The first-order chi connectivity index (χ1) is 12.0. The molecule has 0 N–H and O–H groups in total. The lowest BCUT2D eigenvalue weighted by atomic mass is 10.1. The van der Waals surface area contributed by atoms with Crippen molar-refractivity contribution in [1.29, 1.82) is 0 Å². The highest BCUT2D eigenvalue weighted by Gasteiger charge is 2.17. The lowest BCUT2D eigenvalue weighted by Crippen LogP contribution is -2.18. The summed E-state index contributed by atoms with van der Waals surface area (Å²) in [6.07, 6.45) is 0. The predicted octanol–water partition coefficient (Wildman–Crippen LogP) is 4.14. The van der Waals surface area contributed by atoms with Crippen LogP contribution in [0.2, 0.25) is 0 Å². The normalized spacial score (nSPS) is 12.6. The smallest absolute Gasteiger partial charge is 0.231 e. The third kappa shape index (κ3) is 3.85. The lowest BCUT2D eigenvalue weighted by Gasteiger charge is -2.20. The van der Waals surface area contributed by atoms with Gasteiger partial charge in [0, 0.05) is 17.6 Å². The molecule has 0 saturated carbocycles. The zero-order valence-electron chi connectivity index (χ0n) is 14.9. The summed E-state index contributed by atoms with van der Waals surface area (Å²) in [4.78, 5) is 2.25. The first-order valence-corrected chi connectivity index (χ1v) is 8.79. The SMILES string of the molecule is COc1cc(C)c(CN(C)Cc2cc3c(cc2Br)OCO3)cc1OC. The van der Waals surface area contributed by atoms with Gasteiger partial charge in [-0.1, -0.05) is 15.9 Å². The van der Waals surface area contributed by atoms with Crippen molar-refractivity contribution in [2.45, 2.75) is 20.0 Å². The van der Waals surface area contributed by atoms with Crippen molar-refractivity contribution in [2.75, 3.05) is 28.1 Å². The van der Waals surface area contributed by atoms with E-state index in [1.807, 2.05) is 24.3 Å². The van der Waals surface area contributed by atoms with Crippen molar-refractivity contribution < 1.29 is 18.9 Å². The van der Waals surface area contributed by atoms with Crippen molar-refractivity contribution in [3.63, 3.8) is 0 Å². The van der Waals surface area contributed by atoms with E-state index in [2.05, 4.69) is 34.8 Å². The molecule has 1 aliphatic rings. The largest absolute Gasteiger partial charge is 0.493 e. The summed E-state index contributed by atoms with van der Waals surface area (Å²) < 4.78 is 22.7. The average molecular weight is 408 g/mol. The van der Waals surface area contributed by atoms with Crippen LogP contribution in [0.25, 0.3) is 0 Å². The fourth-order valence-electron chi connectivity index (χ4n) is 2.91. The van der Waals surface area contributed by atoms with Crippen molar-refractivity contribution in [1.82, 2.24) is 4.90 Å². The van der Waals surface area contributed by atoms with Crippen LogP contribution in [0.5, 0.6) is 23.0 Å². The van der Waals surface area contributed by atoms with Crippen molar-refractivity contribution in [3.8, 4) is 23.0 Å². The maximum atomic E-state index is 5.48. The minimum absolute atomic E-state index is 0.284. The molecule has 0 unspecified atom stereocenters. The number of hydrogen-bond donors (Lipinski definition) is 0. The van der Waals surface area contributed by atoms with Gasteiger partial charge in [0.25, 0.3) is 0 Å². The number of hydrogen-bond acceptors (Lipinski definition) is 5. The second-order valence-electron chi connectivity index (χ2n) is 6.10. The van der Waals surface area contributed by atoms with Crippen molar-refractivity contribution in [3.05, 3.63) is 45.4 Å². The number of nitrogens with zero attached hydrogens (tertiary/aromatic N) is 1. The van der Waals surface area contributed by atoms with Crippen LogP contribution in [0.1, 0.15) is 16.7 Å². The molecule has 25 heavy (non-hydrogen) atoms. The zero-order chi connectivity index (χ0) is 18.0. The van der Waals surface area contributed by atoms with Crippen molar-refractivity contribution in [2.24, 2.45) is 0 Å². The number of fused-ring (bicyclic) bond motifs is 1. The number of rotatable bonds is 6. The van der Waals surface area contributed by atoms with E-state index in [0.717, 1.165) is 46.1 Å². The molecule has 0 amide bonds. The Morgan fingerprint density at radius 3 is 2.24 bits per heavy atom. The molecule has 2 aromatic rings. The summed E-state index contributed by atoms with van der Waals surface area (Å²) >= 11 is 3.62. The van der Waals surface area contributed by atoms with Crippen LogP contribution in [0.3, 0.4) is 0 Å². The van der Waals surface area contributed by atoms with E-state index in [0.29, 0.717) is 0 Å². The number of methoxy groups -OCH3 is 2. The van der Waals surface area contributed by atoms with Gasteiger partial charge in [-0.25, -0.2) is 0 Å². The molecule has 0 fully saturated rings. The number of benzene rings is 2. The van der Waals surface area contributed by atoms with E-state index in [4.69, 9.17) is 18.9 Å². The molecule has 0 aliphatic carbocycles. The molecule has 0 spiro atoms. The number of aryl methyl sites for hydroxylation is 1. The molecule has 134 valence electrons. The molecule has 0 aromatic heterocycles. The Hall–Kier alpha value is -1.92. The van der Waals surface area contributed by atoms with Crippen LogP contribution in [0.4, 0.5) is 0 Å². The van der Waals surface area contributed by atoms with E-state index < -0.39 is 0 Å². The fraction of sp³-hybridized carbons (Fsp3) is 0.368. The monoisotopic (exact) mass is 407 g/mol. The lowest BCUT2D eigenvalue weighted by molar-refractivity contribution is 0.174. The van der Waals surface area contributed by atoms with Crippen LogP contribution in [0.15, 0.2) is 28.7 Å². The highest BCUT2D eigenvalue weighted by Crippen LogP contribution is 2.37. The Kier molecular flexibility index (Phi) is 5.39. The van der Waals surface area contributed by atoms with Gasteiger partial charge < -0.3 is 18.9 Å². The third-order valence-corrected chi connectivity index (χ3v) is 5.00. The van der Waals surface area contributed by atoms with Crippen LogP contribution in [0, 0.1) is 6.92 Å². The van der Waals surface area contributed by atoms with E-state index in [1.165, 1.54) is 11.1 Å². The molecule has 1 heterocycles. The van der Waals surface area contributed by atoms with Crippen molar-refractivity contribution >= 4 is 15.9 Å². The Bertz CT molecular complexity index is 779. The van der Waals surface area contributed by atoms with Crippen LogP contribution in [-0.2, 0) is 13.1 Å². The maximum Gasteiger partial charge on any atom is 0.231 e. The standard InChI is InChI=1S/C19H22BrNO4/c1-12-5-16(22-3)17(23-4)6-13(12)9-21(2)10-14-7-18-19(8-15(14)20)25-11-24-18/h5-8H,9-11H2,1-4H3. The summed E-state index contributed by atoms with van der Waals surface area (Å²) in [6, 6.07) is 8.05. The average Bonchev–Trinajstić information content (AvgIpc) is 3.03. The van der Waals surface area contributed by atoms with E-state index in [1.54, 1.807) is 14.2 Å². The van der Waals surface area contributed by atoms with Gasteiger partial charge in [0.2, 0.25) is 6.79 Å². The van der Waals surface area contributed by atoms with Gasteiger partial charge in [-0.05, 0) is 54.9 Å². The zero-order valence-corrected chi connectivity index (χ0v) is 16.5. The first kappa shape index (κ1) is 17.9. The molecule has 0 saturated heterocycles. The Morgan fingerprint density at radius 2 is 1.56 bits per heavy atom. The Labute approximate surface area is 156 Å². The minimum atomic E-state index is 0.284. The summed E-state index contributed by atoms with van der Waals surface area (Å²) in [5.41, 5.74) is 3.54. The second kappa shape index (κ2) is 7.54. The van der Waals surface area contributed by atoms with Gasteiger partial charge >= 0.3 is 0 Å². The highest BCUT2D eigenvalue weighted by molar-refractivity contribution is 9.10. The van der Waals surface area contributed by atoms with Gasteiger partial charge in [0.1, 0.15) is 0 Å². The van der Waals surface area contributed by atoms with Gasteiger partial charge in [0.15, 0.2) is 23.0 Å². The molecule has 2 aromatic carbocycles. The Balaban J connectivity index is 1.76. The maximum absolute atomic E-state index is 5.48. The first-order valence-electron chi connectivity index (χ1n) is 8.00. The topological polar surface area (TPSA) is 40.2 Å². The number of halogens is 1. The highest BCUT2D eigenvalue weighted by atomic mass is 79.9. The predicted molar refractivity (Wildman–Crippen MR) is 99.7 cm³/mol. The number of ether oxygens (including phenoxy) is 4. The van der Waals surface area contributed by atoms with Crippen LogP contribution in [-0.4, -0.2) is 33.0 Å². The molecular weight excluding hydrogens is 386 g/mol. The second-order valence-corrected chi connectivity index (χ2v) is 6.96. The van der Waals surface area contributed by atoms with E-state index in [-0.39, 0.29) is 6.79 Å². The molecule has 0 radical (unpaired) electrons.